The molecule has 5 aliphatic heterocycles. The van der Waals surface area contributed by atoms with Gasteiger partial charge in [-0.25, -0.2) is 23.7 Å². The van der Waals surface area contributed by atoms with Crippen molar-refractivity contribution in [1.29, 1.82) is 5.26 Å². The Morgan fingerprint density at radius 2 is 1.69 bits per heavy atom. The molecule has 10 rings (SSSR count). The number of imide groups is 1. The molecule has 5 aromatic rings. The van der Waals surface area contributed by atoms with Gasteiger partial charge in [-0.1, -0.05) is 0 Å². The second kappa shape index (κ2) is 18.6. The summed E-state index contributed by atoms with van der Waals surface area (Å²) < 4.78 is 64.9. The van der Waals surface area contributed by atoms with Gasteiger partial charge in [0.05, 0.1) is 46.7 Å². The van der Waals surface area contributed by atoms with Gasteiger partial charge in [-0.2, -0.15) is 18.0 Å². The fourth-order valence-electron chi connectivity index (χ4n) is 9.70. The Balaban J connectivity index is 0.736. The molecule has 0 radical (unpaired) electrons. The average molecular weight is 993 g/mol. The van der Waals surface area contributed by atoms with Gasteiger partial charge in [0.2, 0.25) is 23.7 Å². The first-order chi connectivity index (χ1) is 34.1. The van der Waals surface area contributed by atoms with Crippen molar-refractivity contribution in [3.8, 4) is 23.3 Å². The molecule has 21 nitrogen and oxygen atoms in total. The Morgan fingerprint density at radius 3 is 2.39 bits per heavy atom. The summed E-state index contributed by atoms with van der Waals surface area (Å²) in [4.78, 5) is 85.2. The number of rotatable bonds is 11. The minimum Gasteiger partial charge on any atom is -0.453 e. The second-order valence-corrected chi connectivity index (χ2v) is 19.9. The van der Waals surface area contributed by atoms with E-state index < -0.39 is 56.6 Å². The van der Waals surface area contributed by atoms with Crippen molar-refractivity contribution in [3.05, 3.63) is 100 Å². The number of piperidine rings is 2. The summed E-state index contributed by atoms with van der Waals surface area (Å²) in [5, 5.41) is 23.9. The number of amides is 4. The smallest absolute Gasteiger partial charge is 0.301 e. The zero-order valence-electron chi connectivity index (χ0n) is 38.0. The number of ether oxygens (including phenoxy) is 1. The summed E-state index contributed by atoms with van der Waals surface area (Å²) in [6.07, 6.45) is 4.03. The number of carbonyl (C=O) groups excluding carboxylic acids is 4. The molecule has 2 atom stereocenters. The van der Waals surface area contributed by atoms with Crippen LogP contribution >= 0.6 is 0 Å². The molecule has 0 saturated carbocycles. The van der Waals surface area contributed by atoms with Gasteiger partial charge in [0.25, 0.3) is 11.5 Å². The van der Waals surface area contributed by atoms with Crippen molar-refractivity contribution in [2.45, 2.75) is 62.9 Å². The predicted molar refractivity (Wildman–Crippen MR) is 250 cm³/mol. The number of nitrogens with one attached hydrogen (secondary N) is 2. The highest BCUT2D eigenvalue weighted by Crippen LogP contribution is 2.36. The number of hydrogen-bond donors (Lipinski definition) is 3. The lowest BCUT2D eigenvalue weighted by Crippen LogP contribution is -2.52. The summed E-state index contributed by atoms with van der Waals surface area (Å²) >= 11 is 0. The summed E-state index contributed by atoms with van der Waals surface area (Å²) in [6.45, 7) is 2.39. The molecule has 4 amide bonds. The van der Waals surface area contributed by atoms with Gasteiger partial charge in [-0.05, 0) is 79.8 Å². The number of nitrogens with zero attached hydrogens (tertiary/aromatic N) is 10. The van der Waals surface area contributed by atoms with Crippen molar-refractivity contribution < 1.29 is 46.2 Å². The molecule has 4 fully saturated rings. The third-order valence-electron chi connectivity index (χ3n) is 13.7. The first kappa shape index (κ1) is 47.1. The number of halogens is 2. The van der Waals surface area contributed by atoms with Crippen molar-refractivity contribution in [2.24, 2.45) is 0 Å². The molecule has 368 valence electrons. The van der Waals surface area contributed by atoms with Crippen LogP contribution in [0.2, 0.25) is 0 Å². The molecule has 4 saturated heterocycles. The van der Waals surface area contributed by atoms with Gasteiger partial charge in [-0.15, -0.1) is 0 Å². The van der Waals surface area contributed by atoms with Crippen molar-refractivity contribution in [1.82, 2.24) is 38.9 Å². The second-order valence-electron chi connectivity index (χ2n) is 18.2. The molecule has 0 spiro atoms. The molecule has 5 aliphatic rings. The van der Waals surface area contributed by atoms with Crippen LogP contribution in [0.5, 0.6) is 11.5 Å². The summed E-state index contributed by atoms with van der Waals surface area (Å²) in [7, 11) is -4.27. The molecular formula is C47H46F2N12O9S. The number of piperazine rings is 1. The lowest BCUT2D eigenvalue weighted by atomic mass is 9.87. The van der Waals surface area contributed by atoms with Crippen LogP contribution in [0.15, 0.2) is 72.0 Å². The standard InChI is InChI=1S/C47H46F2N12O9S/c48-29-9-12-59(26-29)71(68,69)55-38-6-4-36(49)42(35(38)22-50)70-32-2-5-37-34(20-32)45(66)61(27-53-37)31-23-51-46(52-24-31)58-17-15-57(16-18-58)41(63)21-47(67)10-13-56(14-11-47)30-1-3-33-28(19-30)25-60(44(33)65)39-7-8-40(62)54-43(39)64/h1-6,19-20,23-24,27,29,39,55,67H,7-18,21,25-26H2,(H,54,62,64)/t29-,39+/m1/s1. The van der Waals surface area contributed by atoms with E-state index in [1.54, 1.807) is 17.0 Å². The molecule has 0 bridgehead atoms. The highest BCUT2D eigenvalue weighted by molar-refractivity contribution is 7.90. The summed E-state index contributed by atoms with van der Waals surface area (Å²) in [5.41, 5.74) is 0.257. The van der Waals surface area contributed by atoms with Crippen LogP contribution in [-0.2, 0) is 31.1 Å². The van der Waals surface area contributed by atoms with E-state index in [0.29, 0.717) is 63.6 Å². The molecule has 0 aliphatic carbocycles. The van der Waals surface area contributed by atoms with Gasteiger partial charge in [-0.3, -0.25) is 38.6 Å². The fourth-order valence-corrected chi connectivity index (χ4v) is 11.0. The Bertz CT molecular complexity index is 3210. The van der Waals surface area contributed by atoms with Crippen LogP contribution in [-0.4, -0.2) is 141 Å². The third-order valence-corrected chi connectivity index (χ3v) is 15.2. The number of benzene rings is 3. The minimum absolute atomic E-state index is 0.0206. The minimum atomic E-state index is -4.27. The number of alkyl halides is 1. The number of nitriles is 1. The van der Waals surface area contributed by atoms with E-state index >= 15 is 4.39 Å². The van der Waals surface area contributed by atoms with Gasteiger partial charge in [0.1, 0.15) is 35.9 Å². The number of anilines is 3. The van der Waals surface area contributed by atoms with Crippen LogP contribution in [0.4, 0.5) is 26.1 Å². The van der Waals surface area contributed by atoms with E-state index in [-0.39, 0.29) is 91.1 Å². The van der Waals surface area contributed by atoms with E-state index in [1.165, 1.54) is 46.4 Å². The van der Waals surface area contributed by atoms with Crippen LogP contribution < -0.4 is 30.1 Å². The van der Waals surface area contributed by atoms with Crippen LogP contribution in [0.3, 0.4) is 0 Å². The maximum atomic E-state index is 15.2. The van der Waals surface area contributed by atoms with Crippen molar-refractivity contribution in [2.75, 3.05) is 66.9 Å². The zero-order chi connectivity index (χ0) is 49.8. The largest absolute Gasteiger partial charge is 0.453 e. The van der Waals surface area contributed by atoms with Crippen LogP contribution in [0.1, 0.15) is 60.0 Å². The van der Waals surface area contributed by atoms with E-state index in [2.05, 4.69) is 29.9 Å². The molecule has 2 aromatic heterocycles. The first-order valence-electron chi connectivity index (χ1n) is 23.0. The van der Waals surface area contributed by atoms with E-state index in [9.17, 15) is 47.1 Å². The van der Waals surface area contributed by atoms with Gasteiger partial charge in [0, 0.05) is 76.6 Å². The highest BCUT2D eigenvalue weighted by atomic mass is 32.2. The van der Waals surface area contributed by atoms with E-state index in [1.807, 2.05) is 17.0 Å². The van der Waals surface area contributed by atoms with Crippen LogP contribution in [0.25, 0.3) is 16.6 Å². The summed E-state index contributed by atoms with van der Waals surface area (Å²) in [6, 6.07) is 12.8. The fraction of sp³-hybridized carbons (Fsp3) is 0.383. The molecule has 0 unspecified atom stereocenters. The Morgan fingerprint density at radius 1 is 0.930 bits per heavy atom. The maximum absolute atomic E-state index is 15.2. The number of aliphatic hydroxyl groups is 1. The molecule has 3 aromatic carbocycles. The Labute approximate surface area is 404 Å². The molecule has 7 heterocycles. The first-order valence-corrected chi connectivity index (χ1v) is 24.4. The number of carbonyl (C=O) groups is 4. The predicted octanol–water partition coefficient (Wildman–Crippen LogP) is 2.51. The molecular weight excluding hydrogens is 947 g/mol. The van der Waals surface area contributed by atoms with Crippen LogP contribution in [0, 0.1) is 17.1 Å². The lowest BCUT2D eigenvalue weighted by Gasteiger charge is -2.41. The van der Waals surface area contributed by atoms with E-state index in [0.717, 1.165) is 27.7 Å². The number of fused-ring (bicyclic) bond motifs is 2. The monoisotopic (exact) mass is 992 g/mol. The molecule has 3 N–H and O–H groups in total. The zero-order valence-corrected chi connectivity index (χ0v) is 38.8. The normalized spacial score (nSPS) is 20.5. The SMILES string of the molecule is N#Cc1c(NS(=O)(=O)N2CC[C@@H](F)C2)ccc(F)c1Oc1ccc2ncn(-c3cnc(N4CCN(C(=O)CC5(O)CCN(c6ccc7c(c6)CN([C@H]6CCC(=O)NC6=O)C7=O)CC5)CC4)nc3)c(=O)c2c1. The molecule has 24 heteroatoms. The van der Waals surface area contributed by atoms with E-state index in [4.69, 9.17) is 4.74 Å². The van der Waals surface area contributed by atoms with Gasteiger partial charge < -0.3 is 29.4 Å². The average Bonchev–Trinajstić information content (AvgIpc) is 3.95. The number of hydrogen-bond acceptors (Lipinski definition) is 15. The van der Waals surface area contributed by atoms with Crippen molar-refractivity contribution in [3.63, 3.8) is 0 Å². The highest BCUT2D eigenvalue weighted by Gasteiger charge is 2.41. The maximum Gasteiger partial charge on any atom is 0.301 e. The van der Waals surface area contributed by atoms with Gasteiger partial charge >= 0.3 is 10.2 Å². The Kier molecular flexibility index (Phi) is 12.3. The quantitative estimate of drug-likeness (QED) is 0.161. The Hall–Kier alpha value is -7.62. The topological polar surface area (TPSA) is 257 Å². The van der Waals surface area contributed by atoms with Crippen molar-refractivity contribution >= 4 is 62.1 Å². The third kappa shape index (κ3) is 9.30. The summed E-state index contributed by atoms with van der Waals surface area (Å²) in [5.74, 6) is -2.47. The molecule has 71 heavy (non-hydrogen) atoms. The lowest BCUT2D eigenvalue weighted by molar-refractivity contribution is -0.138. The van der Waals surface area contributed by atoms with Gasteiger partial charge in [0.15, 0.2) is 11.6 Å². The number of aromatic nitrogens is 4.